The summed E-state index contributed by atoms with van der Waals surface area (Å²) in [5.74, 6) is 0.527. The molecule has 0 radical (unpaired) electrons. The molecule has 2 aliphatic rings. The smallest absolute Gasteiger partial charge is 0.238 e. The Morgan fingerprint density at radius 3 is 2.71 bits per heavy atom. The highest BCUT2D eigenvalue weighted by Crippen LogP contribution is 2.30. The molecule has 0 spiro atoms. The average Bonchev–Trinajstić information content (AvgIpc) is 3.16. The fourth-order valence-corrected chi connectivity index (χ4v) is 4.03. The molecule has 2 heterocycles. The molecule has 0 unspecified atom stereocenters. The first-order valence-electron chi connectivity index (χ1n) is 9.09. The SMILES string of the molecule is C[C@@H](C(=O)NC1(C#N)CCCCC1)N1CCC(c2cn[nH]c2)CC1. The minimum absolute atomic E-state index is 0.000195. The molecule has 1 aromatic heterocycles. The molecule has 6 heteroatoms. The Morgan fingerprint density at radius 2 is 2.12 bits per heavy atom. The van der Waals surface area contributed by atoms with Crippen LogP contribution in [0.5, 0.6) is 0 Å². The van der Waals surface area contributed by atoms with E-state index in [9.17, 15) is 10.1 Å². The Morgan fingerprint density at radius 1 is 1.42 bits per heavy atom. The summed E-state index contributed by atoms with van der Waals surface area (Å²) in [4.78, 5) is 14.9. The molecule has 0 aromatic carbocycles. The van der Waals surface area contributed by atoms with Gasteiger partial charge in [-0.15, -0.1) is 0 Å². The highest BCUT2D eigenvalue weighted by atomic mass is 16.2. The number of carbonyl (C=O) groups excluding carboxylic acids is 1. The maximum Gasteiger partial charge on any atom is 0.238 e. The van der Waals surface area contributed by atoms with Gasteiger partial charge in [-0.2, -0.15) is 10.4 Å². The Bertz CT molecular complexity index is 577. The standard InChI is InChI=1S/C18H27N5O/c1-14(17(24)22-18(13-19)7-3-2-4-8-18)23-9-5-15(6-10-23)16-11-20-21-12-16/h11-12,14-15H,2-10H2,1H3,(H,20,21)(H,22,24)/t14-/m0/s1. The molecule has 1 atom stereocenters. The van der Waals surface area contributed by atoms with Crippen LogP contribution in [0.4, 0.5) is 0 Å². The van der Waals surface area contributed by atoms with Crippen molar-refractivity contribution in [2.75, 3.05) is 13.1 Å². The van der Waals surface area contributed by atoms with Crippen molar-refractivity contribution >= 4 is 5.91 Å². The van der Waals surface area contributed by atoms with Gasteiger partial charge in [-0.25, -0.2) is 0 Å². The van der Waals surface area contributed by atoms with Gasteiger partial charge in [-0.05, 0) is 57.2 Å². The number of nitriles is 1. The van der Waals surface area contributed by atoms with Gasteiger partial charge in [0.1, 0.15) is 5.54 Å². The van der Waals surface area contributed by atoms with Gasteiger partial charge in [-0.1, -0.05) is 19.3 Å². The quantitative estimate of drug-likeness (QED) is 0.888. The average molecular weight is 329 g/mol. The number of piperidine rings is 1. The second-order valence-electron chi connectivity index (χ2n) is 7.26. The van der Waals surface area contributed by atoms with Crippen molar-refractivity contribution in [2.45, 2.75) is 69.4 Å². The maximum absolute atomic E-state index is 12.7. The molecule has 130 valence electrons. The van der Waals surface area contributed by atoms with Crippen molar-refractivity contribution in [1.29, 1.82) is 5.26 Å². The minimum Gasteiger partial charge on any atom is -0.336 e. The van der Waals surface area contributed by atoms with Crippen LogP contribution in [-0.4, -0.2) is 45.7 Å². The molecule has 1 aliphatic heterocycles. The monoisotopic (exact) mass is 329 g/mol. The van der Waals surface area contributed by atoms with Crippen LogP contribution in [-0.2, 0) is 4.79 Å². The number of carbonyl (C=O) groups is 1. The topological polar surface area (TPSA) is 84.8 Å². The normalized spacial score (nSPS) is 23.3. The van der Waals surface area contributed by atoms with E-state index in [-0.39, 0.29) is 11.9 Å². The summed E-state index contributed by atoms with van der Waals surface area (Å²) in [6.45, 7) is 3.77. The Balaban J connectivity index is 1.54. The van der Waals surface area contributed by atoms with E-state index in [0.717, 1.165) is 58.0 Å². The van der Waals surface area contributed by atoms with Crippen molar-refractivity contribution in [3.8, 4) is 6.07 Å². The summed E-state index contributed by atoms with van der Waals surface area (Å²) in [6.07, 6.45) is 10.7. The number of hydrogen-bond donors (Lipinski definition) is 2. The van der Waals surface area contributed by atoms with Crippen molar-refractivity contribution in [3.05, 3.63) is 18.0 Å². The van der Waals surface area contributed by atoms with Crippen LogP contribution in [0.1, 0.15) is 63.4 Å². The third kappa shape index (κ3) is 3.62. The van der Waals surface area contributed by atoms with E-state index in [2.05, 4.69) is 26.5 Å². The highest BCUT2D eigenvalue weighted by Gasteiger charge is 2.36. The molecule has 2 fully saturated rings. The van der Waals surface area contributed by atoms with E-state index in [4.69, 9.17) is 0 Å². The molecular formula is C18H27N5O. The van der Waals surface area contributed by atoms with Crippen LogP contribution in [0, 0.1) is 11.3 Å². The first-order chi connectivity index (χ1) is 11.6. The number of aromatic amines is 1. The van der Waals surface area contributed by atoms with Crippen molar-refractivity contribution < 1.29 is 4.79 Å². The number of H-pyrrole nitrogens is 1. The summed E-state index contributed by atoms with van der Waals surface area (Å²) >= 11 is 0. The molecule has 1 aliphatic carbocycles. The lowest BCUT2D eigenvalue weighted by Gasteiger charge is -2.37. The fraction of sp³-hybridized carbons (Fsp3) is 0.722. The first-order valence-corrected chi connectivity index (χ1v) is 9.09. The number of hydrogen-bond acceptors (Lipinski definition) is 4. The number of amides is 1. The number of aromatic nitrogens is 2. The number of nitrogens with one attached hydrogen (secondary N) is 2. The second kappa shape index (κ2) is 7.35. The van der Waals surface area contributed by atoms with Crippen LogP contribution < -0.4 is 5.32 Å². The number of nitrogens with zero attached hydrogens (tertiary/aromatic N) is 3. The zero-order chi connectivity index (χ0) is 17.0. The lowest BCUT2D eigenvalue weighted by molar-refractivity contribution is -0.128. The van der Waals surface area contributed by atoms with Crippen LogP contribution in [0.2, 0.25) is 0 Å². The highest BCUT2D eigenvalue weighted by molar-refractivity contribution is 5.82. The van der Waals surface area contributed by atoms with E-state index < -0.39 is 5.54 Å². The van der Waals surface area contributed by atoms with Gasteiger partial charge in [0.2, 0.25) is 5.91 Å². The van der Waals surface area contributed by atoms with Gasteiger partial charge in [0, 0.05) is 6.20 Å². The predicted octanol–water partition coefficient (Wildman–Crippen LogP) is 2.32. The van der Waals surface area contributed by atoms with Gasteiger partial charge in [-0.3, -0.25) is 14.8 Å². The van der Waals surface area contributed by atoms with E-state index in [1.54, 1.807) is 0 Å². The molecule has 1 amide bonds. The number of likely N-dealkylation sites (tertiary alicyclic amines) is 1. The van der Waals surface area contributed by atoms with Crippen molar-refractivity contribution in [3.63, 3.8) is 0 Å². The molecule has 1 saturated carbocycles. The van der Waals surface area contributed by atoms with Gasteiger partial charge in [0.15, 0.2) is 0 Å². The summed E-state index contributed by atoms with van der Waals surface area (Å²) in [7, 11) is 0. The van der Waals surface area contributed by atoms with E-state index in [1.165, 1.54) is 5.56 Å². The Kier molecular flexibility index (Phi) is 5.20. The second-order valence-corrected chi connectivity index (χ2v) is 7.26. The van der Waals surface area contributed by atoms with E-state index in [0.29, 0.717) is 5.92 Å². The van der Waals surface area contributed by atoms with Crippen LogP contribution in [0.3, 0.4) is 0 Å². The third-order valence-corrected chi connectivity index (χ3v) is 5.73. The molecule has 1 aromatic rings. The van der Waals surface area contributed by atoms with Crippen molar-refractivity contribution in [2.24, 2.45) is 0 Å². The third-order valence-electron chi connectivity index (χ3n) is 5.73. The van der Waals surface area contributed by atoms with Gasteiger partial charge < -0.3 is 5.32 Å². The summed E-state index contributed by atoms with van der Waals surface area (Å²) in [5.41, 5.74) is 0.621. The summed E-state index contributed by atoms with van der Waals surface area (Å²) in [6, 6.07) is 2.19. The predicted molar refractivity (Wildman–Crippen MR) is 91.2 cm³/mol. The molecule has 0 bridgehead atoms. The number of rotatable bonds is 4. The molecule has 6 nitrogen and oxygen atoms in total. The molecule has 24 heavy (non-hydrogen) atoms. The zero-order valence-electron chi connectivity index (χ0n) is 14.4. The van der Waals surface area contributed by atoms with Gasteiger partial charge in [0.25, 0.3) is 0 Å². The first kappa shape index (κ1) is 17.0. The largest absolute Gasteiger partial charge is 0.336 e. The zero-order valence-corrected chi connectivity index (χ0v) is 14.4. The molecule has 2 N–H and O–H groups in total. The fourth-order valence-electron chi connectivity index (χ4n) is 4.03. The summed E-state index contributed by atoms with van der Waals surface area (Å²) < 4.78 is 0. The Hall–Kier alpha value is -1.87. The van der Waals surface area contributed by atoms with E-state index in [1.807, 2.05) is 19.3 Å². The van der Waals surface area contributed by atoms with E-state index >= 15 is 0 Å². The van der Waals surface area contributed by atoms with Gasteiger partial charge in [0.05, 0.1) is 18.3 Å². The Labute approximate surface area is 143 Å². The minimum atomic E-state index is -0.640. The van der Waals surface area contributed by atoms with Crippen LogP contribution >= 0.6 is 0 Å². The maximum atomic E-state index is 12.7. The lowest BCUT2D eigenvalue weighted by Crippen LogP contribution is -2.55. The lowest BCUT2D eigenvalue weighted by atomic mass is 9.82. The summed E-state index contributed by atoms with van der Waals surface area (Å²) in [5, 5.41) is 19.5. The van der Waals surface area contributed by atoms with Crippen LogP contribution in [0.15, 0.2) is 12.4 Å². The molecule has 3 rings (SSSR count). The molecular weight excluding hydrogens is 302 g/mol. The van der Waals surface area contributed by atoms with Crippen molar-refractivity contribution in [1.82, 2.24) is 20.4 Å². The van der Waals surface area contributed by atoms with Gasteiger partial charge >= 0.3 is 0 Å². The van der Waals surface area contributed by atoms with Crippen LogP contribution in [0.25, 0.3) is 0 Å². The molecule has 1 saturated heterocycles.